The van der Waals surface area contributed by atoms with Crippen LogP contribution < -0.4 is 20.3 Å². The number of hydrogen-bond donors (Lipinski definition) is 0. The zero-order valence-corrected chi connectivity index (χ0v) is 32.7. The first-order chi connectivity index (χ1) is 27.7. The number of rotatable bonds is 8. The van der Waals surface area contributed by atoms with Gasteiger partial charge in [-0.05, 0) is 89.9 Å². The number of benzene rings is 2. The summed E-state index contributed by atoms with van der Waals surface area (Å²) in [5.74, 6) is 0.644. The van der Waals surface area contributed by atoms with E-state index in [4.69, 9.17) is 34.5 Å². The molecule has 3 aliphatic heterocycles. The molecule has 13 nitrogen and oxygen atoms in total. The first kappa shape index (κ1) is 39.0. The van der Waals surface area contributed by atoms with Gasteiger partial charge in [-0.25, -0.2) is 27.8 Å². The van der Waals surface area contributed by atoms with Crippen LogP contribution in [0.25, 0.3) is 32.9 Å². The van der Waals surface area contributed by atoms with Crippen LogP contribution >= 0.6 is 0 Å². The van der Waals surface area contributed by atoms with E-state index in [-0.39, 0.29) is 75.4 Å². The number of terminal acetylenes is 1. The Bertz CT molecular complexity index is 2510. The largest absolute Gasteiger partial charge is 0.519 e. The van der Waals surface area contributed by atoms with Crippen molar-refractivity contribution in [1.29, 1.82) is 0 Å². The number of carbonyl (C=O) groups is 1. The number of pyridine rings is 1. The number of anilines is 1. The van der Waals surface area contributed by atoms with Gasteiger partial charge in [0.05, 0.1) is 16.5 Å². The molecule has 304 valence electrons. The van der Waals surface area contributed by atoms with Crippen molar-refractivity contribution < 1.29 is 41.0 Å². The quantitative estimate of drug-likeness (QED) is 0.143. The molecule has 0 bridgehead atoms. The molecule has 2 atom stereocenters. The number of alkyl halides is 1. The summed E-state index contributed by atoms with van der Waals surface area (Å²) in [5, 5.41) is 3.89. The Kier molecular flexibility index (Phi) is 10.2. The molecule has 3 fully saturated rings. The van der Waals surface area contributed by atoms with Crippen molar-refractivity contribution in [2.75, 3.05) is 37.8 Å². The second-order valence-electron chi connectivity index (χ2n) is 16.0. The topological polar surface area (TPSA) is 136 Å². The molecule has 0 saturated carbocycles. The Labute approximate surface area is 332 Å². The maximum Gasteiger partial charge on any atom is 0.519 e. The number of ether oxygens (including phenoxy) is 3. The van der Waals surface area contributed by atoms with Gasteiger partial charge in [-0.1, -0.05) is 12.0 Å². The number of aromatic nitrogens is 3. The van der Waals surface area contributed by atoms with Gasteiger partial charge in [0.15, 0.2) is 23.2 Å². The lowest BCUT2D eigenvalue weighted by Crippen LogP contribution is -2.49. The fourth-order valence-corrected chi connectivity index (χ4v) is 8.26. The molecule has 3 saturated heterocycles. The van der Waals surface area contributed by atoms with E-state index in [9.17, 15) is 14.0 Å². The zero-order valence-electron chi connectivity index (χ0n) is 32.7. The molecule has 3 aliphatic rings. The first-order valence-electron chi connectivity index (χ1n) is 19.4. The van der Waals surface area contributed by atoms with Gasteiger partial charge in [0.2, 0.25) is 0 Å². The van der Waals surface area contributed by atoms with E-state index in [1.807, 2.05) is 0 Å². The summed E-state index contributed by atoms with van der Waals surface area (Å²) in [6.07, 6.45) is 9.70. The Hall–Kier alpha value is -5.82. The minimum absolute atomic E-state index is 0.0682. The number of hydrazine groups is 1. The molecule has 0 N–H and O–H groups in total. The van der Waals surface area contributed by atoms with Crippen LogP contribution in [0.5, 0.6) is 11.8 Å². The summed E-state index contributed by atoms with van der Waals surface area (Å²) in [4.78, 5) is 41.4. The molecule has 6 heterocycles. The number of nitrogens with zero attached hydrogens (tertiary/aromatic N) is 6. The average molecular weight is 801 g/mol. The summed E-state index contributed by atoms with van der Waals surface area (Å²) in [6.45, 7) is 8.42. The van der Waals surface area contributed by atoms with Gasteiger partial charge in [-0.2, -0.15) is 9.97 Å². The number of aryl methyl sites for hydroxylation is 1. The van der Waals surface area contributed by atoms with E-state index < -0.39 is 40.9 Å². The first-order valence-corrected chi connectivity index (χ1v) is 19.4. The van der Waals surface area contributed by atoms with Crippen LogP contribution in [0.4, 0.5) is 23.8 Å². The molecule has 5 aromatic rings. The van der Waals surface area contributed by atoms with E-state index in [1.165, 1.54) is 29.4 Å². The van der Waals surface area contributed by atoms with Crippen molar-refractivity contribution in [2.24, 2.45) is 0 Å². The third-order valence-electron chi connectivity index (χ3n) is 10.9. The van der Waals surface area contributed by atoms with E-state index >= 15 is 8.78 Å². The predicted octanol–water partition coefficient (Wildman–Crippen LogP) is 7.64. The lowest BCUT2D eigenvalue weighted by molar-refractivity contribution is 0.0232. The van der Waals surface area contributed by atoms with Crippen molar-refractivity contribution in [3.63, 3.8) is 0 Å². The van der Waals surface area contributed by atoms with Crippen LogP contribution in [0.3, 0.4) is 0 Å². The van der Waals surface area contributed by atoms with Gasteiger partial charge in [0.1, 0.15) is 47.8 Å². The lowest BCUT2D eigenvalue weighted by atomic mass is 9.95. The average Bonchev–Trinajstić information content (AvgIpc) is 3.73. The molecule has 1 amide bonds. The molecule has 16 heteroatoms. The fraction of sp³-hybridized carbons (Fsp3) is 0.452. The highest BCUT2D eigenvalue weighted by Gasteiger charge is 2.49. The second-order valence-corrected chi connectivity index (χ2v) is 16.0. The zero-order chi connectivity index (χ0) is 40.9. The summed E-state index contributed by atoms with van der Waals surface area (Å²) < 4.78 is 75.7. The van der Waals surface area contributed by atoms with Crippen LogP contribution in [0.1, 0.15) is 76.4 Å². The molecule has 3 aromatic heterocycles. The van der Waals surface area contributed by atoms with Crippen molar-refractivity contribution in [1.82, 2.24) is 24.9 Å². The highest BCUT2D eigenvalue weighted by atomic mass is 19.1. The van der Waals surface area contributed by atoms with Gasteiger partial charge >= 0.3 is 17.9 Å². The van der Waals surface area contributed by atoms with Gasteiger partial charge in [-0.3, -0.25) is 14.9 Å². The molecule has 0 radical (unpaired) electrons. The maximum atomic E-state index is 17.5. The van der Waals surface area contributed by atoms with Gasteiger partial charge in [-0.15, -0.1) is 6.42 Å². The molecule has 8 rings (SSSR count). The number of amides is 1. The van der Waals surface area contributed by atoms with E-state index in [2.05, 4.69) is 20.8 Å². The van der Waals surface area contributed by atoms with Gasteiger partial charge in [0, 0.05) is 43.2 Å². The smallest absolute Gasteiger partial charge is 0.485 e. The van der Waals surface area contributed by atoms with Crippen molar-refractivity contribution in [3.8, 4) is 35.4 Å². The number of halogens is 3. The monoisotopic (exact) mass is 800 g/mol. The Morgan fingerprint density at radius 3 is 2.64 bits per heavy atom. The van der Waals surface area contributed by atoms with Gasteiger partial charge in [0.25, 0.3) is 0 Å². The molecule has 2 aromatic carbocycles. The third kappa shape index (κ3) is 7.39. The normalized spacial score (nSPS) is 20.0. The van der Waals surface area contributed by atoms with Crippen LogP contribution in [0.15, 0.2) is 44.1 Å². The second kappa shape index (κ2) is 15.2. The van der Waals surface area contributed by atoms with Crippen molar-refractivity contribution in [2.45, 2.75) is 90.1 Å². The van der Waals surface area contributed by atoms with Crippen LogP contribution in [-0.2, 0) is 11.3 Å². The standard InChI is InChI=1S/C42H43F3N6O7/c1-6-28-31(44)12-11-25-17-27(54-22-32-24(2)56-40(53)57-32)18-29(33(25)28)35-34(45)36-30(20-46-35)37(50-15-8-7-9-16-51(50)39(52)58-41(3,4)5)48-38(47-36)55-23-42-13-10-14-49(42)21-26(43)19-42/h1,11-12,17-18,20,26H,7-10,13-16,19,21-23H2,2-5H3/t26-,42+/m1/s1. The third-order valence-corrected chi connectivity index (χ3v) is 10.9. The molecule has 0 spiro atoms. The molecular formula is C42H43F3N6O7. The van der Waals surface area contributed by atoms with Gasteiger partial charge < -0.3 is 23.0 Å². The minimum atomic E-state index is -1.00. The highest BCUT2D eigenvalue weighted by Crippen LogP contribution is 2.42. The summed E-state index contributed by atoms with van der Waals surface area (Å²) in [7, 11) is 0. The van der Waals surface area contributed by atoms with Crippen LogP contribution in [0, 0.1) is 30.9 Å². The Morgan fingerprint density at radius 2 is 1.88 bits per heavy atom. The SMILES string of the molecule is C#Cc1c(F)ccc2cc(OCc3oc(=O)oc3C)cc(-c3ncc4c(N5CCCCCN5C(=O)OC(C)(C)C)nc(OC[C@@]56CCCN5C[C@H](F)C6)nc4c3F)c12. The van der Waals surface area contributed by atoms with E-state index in [0.29, 0.717) is 44.3 Å². The highest BCUT2D eigenvalue weighted by molar-refractivity contribution is 6.03. The van der Waals surface area contributed by atoms with E-state index in [1.54, 1.807) is 38.8 Å². The van der Waals surface area contributed by atoms with Crippen molar-refractivity contribution >= 4 is 33.6 Å². The molecular weight excluding hydrogens is 757 g/mol. The van der Waals surface area contributed by atoms with Crippen LogP contribution in [-0.4, -0.2) is 81.1 Å². The van der Waals surface area contributed by atoms with Crippen molar-refractivity contribution in [3.05, 3.63) is 69.8 Å². The number of carbonyl (C=O) groups excluding carboxylic acids is 1. The summed E-state index contributed by atoms with van der Waals surface area (Å²) >= 11 is 0. The van der Waals surface area contributed by atoms with Crippen LogP contribution in [0.2, 0.25) is 0 Å². The molecule has 0 aliphatic carbocycles. The molecule has 0 unspecified atom stereocenters. The van der Waals surface area contributed by atoms with E-state index in [0.717, 1.165) is 25.8 Å². The fourth-order valence-electron chi connectivity index (χ4n) is 8.26. The summed E-state index contributed by atoms with van der Waals surface area (Å²) in [6, 6.07) is 5.57. The maximum absolute atomic E-state index is 17.5. The molecule has 58 heavy (non-hydrogen) atoms. The Balaban J connectivity index is 1.29. The lowest BCUT2D eigenvalue weighted by Gasteiger charge is -2.36. The predicted molar refractivity (Wildman–Crippen MR) is 207 cm³/mol. The Morgan fingerprint density at radius 1 is 1.07 bits per heavy atom. The number of hydrogen-bond acceptors (Lipinski definition) is 12. The minimum Gasteiger partial charge on any atom is -0.485 e. The number of fused-ring (bicyclic) bond motifs is 3. The summed E-state index contributed by atoms with van der Waals surface area (Å²) in [5.41, 5.74) is -1.81.